The van der Waals surface area contributed by atoms with Crippen molar-refractivity contribution in [3.63, 3.8) is 0 Å². The van der Waals surface area contributed by atoms with Gasteiger partial charge in [0, 0.05) is 40.2 Å². The summed E-state index contributed by atoms with van der Waals surface area (Å²) in [6, 6.07) is 13.6. The first-order valence-electron chi connectivity index (χ1n) is 9.28. The molecule has 29 heavy (non-hydrogen) atoms. The van der Waals surface area contributed by atoms with Gasteiger partial charge in [0.25, 0.3) is 0 Å². The highest BCUT2D eigenvalue weighted by Gasteiger charge is 2.18. The first-order valence-corrected chi connectivity index (χ1v) is 10.1. The summed E-state index contributed by atoms with van der Waals surface area (Å²) in [7, 11) is 3.07. The van der Waals surface area contributed by atoms with E-state index in [1.165, 1.54) is 14.2 Å². The van der Waals surface area contributed by atoms with Gasteiger partial charge in [-0.15, -0.1) is 0 Å². The fraction of sp³-hybridized carbons (Fsp3) is 0.364. The summed E-state index contributed by atoms with van der Waals surface area (Å²) in [6.07, 6.45) is -1.47. The number of halogens is 1. The molecule has 0 saturated heterocycles. The van der Waals surface area contributed by atoms with Gasteiger partial charge in [0.05, 0.1) is 13.2 Å². The van der Waals surface area contributed by atoms with Gasteiger partial charge in [-0.3, -0.25) is 0 Å². The monoisotopic (exact) mass is 464 g/mol. The minimum Gasteiger partial charge on any atom is -0.489 e. The summed E-state index contributed by atoms with van der Waals surface area (Å²) in [5.74, 6) is 1.33. The molecule has 3 aromatic carbocycles. The Bertz CT molecular complexity index is 961. The van der Waals surface area contributed by atoms with Crippen molar-refractivity contribution in [2.75, 3.05) is 40.6 Å². The molecule has 0 bridgehead atoms. The largest absolute Gasteiger partial charge is 0.489 e. The molecule has 6 nitrogen and oxygen atoms in total. The quantitative estimate of drug-likeness (QED) is 0.447. The third-order valence-corrected chi connectivity index (χ3v) is 4.94. The van der Waals surface area contributed by atoms with Crippen LogP contribution in [0.15, 0.2) is 46.9 Å². The zero-order chi connectivity index (χ0) is 20.8. The van der Waals surface area contributed by atoms with E-state index in [4.69, 9.17) is 18.9 Å². The average Bonchev–Trinajstić information content (AvgIpc) is 2.71. The van der Waals surface area contributed by atoms with Crippen LogP contribution >= 0.6 is 15.9 Å². The molecule has 156 valence electrons. The molecule has 2 N–H and O–H groups in total. The zero-order valence-corrected chi connectivity index (χ0v) is 18.0. The maximum absolute atomic E-state index is 10.0. The van der Waals surface area contributed by atoms with Crippen molar-refractivity contribution in [2.45, 2.75) is 12.2 Å². The first-order chi connectivity index (χ1) is 14.0. The number of fused-ring (bicyclic) bond motifs is 2. The molecule has 0 radical (unpaired) electrons. The number of methoxy groups -OCH3 is 2. The van der Waals surface area contributed by atoms with Crippen LogP contribution < -0.4 is 9.47 Å². The van der Waals surface area contributed by atoms with Crippen molar-refractivity contribution in [3.8, 4) is 11.5 Å². The molecule has 0 aliphatic heterocycles. The van der Waals surface area contributed by atoms with Crippen molar-refractivity contribution in [3.05, 3.63) is 46.9 Å². The number of hydrogen-bond donors (Lipinski definition) is 2. The van der Waals surface area contributed by atoms with E-state index in [2.05, 4.69) is 15.9 Å². The van der Waals surface area contributed by atoms with Crippen molar-refractivity contribution in [1.29, 1.82) is 0 Å². The fourth-order valence-corrected chi connectivity index (χ4v) is 3.58. The predicted octanol–water partition coefficient (Wildman–Crippen LogP) is 3.53. The van der Waals surface area contributed by atoms with E-state index >= 15 is 0 Å². The van der Waals surface area contributed by atoms with Crippen LogP contribution in [0.1, 0.15) is 0 Å². The molecule has 0 amide bonds. The Hall–Kier alpha value is -1.90. The SMILES string of the molecule is COCC(O)COc1c2ccccc2c(OCC(O)COC)c2cc(Br)ccc12. The van der Waals surface area contributed by atoms with Crippen LogP contribution in [0.3, 0.4) is 0 Å². The lowest BCUT2D eigenvalue weighted by Crippen LogP contribution is -2.23. The van der Waals surface area contributed by atoms with Gasteiger partial charge in [-0.05, 0) is 18.2 Å². The lowest BCUT2D eigenvalue weighted by Gasteiger charge is -2.20. The summed E-state index contributed by atoms with van der Waals surface area (Å²) < 4.78 is 23.0. The molecule has 0 fully saturated rings. The zero-order valence-electron chi connectivity index (χ0n) is 16.4. The van der Waals surface area contributed by atoms with Gasteiger partial charge in [0.1, 0.15) is 36.9 Å². The highest BCUT2D eigenvalue weighted by molar-refractivity contribution is 9.10. The number of ether oxygens (including phenoxy) is 4. The second-order valence-corrected chi connectivity index (χ2v) is 7.65. The number of rotatable bonds is 10. The van der Waals surface area contributed by atoms with Crippen molar-refractivity contribution in [1.82, 2.24) is 0 Å². The summed E-state index contributed by atoms with van der Waals surface area (Å²) >= 11 is 3.52. The smallest absolute Gasteiger partial charge is 0.135 e. The highest BCUT2D eigenvalue weighted by Crippen LogP contribution is 2.43. The van der Waals surface area contributed by atoms with Crippen LogP contribution in [0.2, 0.25) is 0 Å². The Balaban J connectivity index is 2.10. The first kappa shape index (κ1) is 21.8. The highest BCUT2D eigenvalue weighted by atomic mass is 79.9. The molecule has 0 aliphatic carbocycles. The second kappa shape index (κ2) is 10.2. The normalized spacial score (nSPS) is 13.6. The Morgan fingerprint density at radius 2 is 1.21 bits per heavy atom. The van der Waals surface area contributed by atoms with Gasteiger partial charge in [-0.1, -0.05) is 40.2 Å². The second-order valence-electron chi connectivity index (χ2n) is 6.73. The molecule has 3 aromatic rings. The van der Waals surface area contributed by atoms with Gasteiger partial charge in [-0.2, -0.15) is 0 Å². The number of benzene rings is 3. The van der Waals surface area contributed by atoms with Crippen LogP contribution in [0.4, 0.5) is 0 Å². The Labute approximate surface area is 178 Å². The van der Waals surface area contributed by atoms with Gasteiger partial charge >= 0.3 is 0 Å². The van der Waals surface area contributed by atoms with E-state index in [9.17, 15) is 10.2 Å². The topological polar surface area (TPSA) is 77.4 Å². The van der Waals surface area contributed by atoms with Crippen molar-refractivity contribution >= 4 is 37.5 Å². The Morgan fingerprint density at radius 1 is 0.724 bits per heavy atom. The average molecular weight is 465 g/mol. The van der Waals surface area contributed by atoms with E-state index in [0.29, 0.717) is 11.5 Å². The molecule has 3 rings (SSSR count). The minimum absolute atomic E-state index is 0.103. The minimum atomic E-state index is -0.735. The van der Waals surface area contributed by atoms with Gasteiger partial charge < -0.3 is 29.2 Å². The predicted molar refractivity (Wildman–Crippen MR) is 116 cm³/mol. The maximum Gasteiger partial charge on any atom is 0.135 e. The molecule has 2 unspecified atom stereocenters. The van der Waals surface area contributed by atoms with Crippen molar-refractivity contribution in [2.24, 2.45) is 0 Å². The van der Waals surface area contributed by atoms with E-state index in [0.717, 1.165) is 26.0 Å². The molecule has 0 spiro atoms. The summed E-state index contributed by atoms with van der Waals surface area (Å²) in [4.78, 5) is 0. The van der Waals surface area contributed by atoms with Gasteiger partial charge in [0.15, 0.2) is 0 Å². The standard InChI is InChI=1S/C22H25BrO6/c1-26-10-15(24)12-28-21-17-5-3-4-6-18(17)22(29-13-16(25)11-27-2)20-9-14(23)7-8-19(20)21/h3-9,15-16,24-25H,10-13H2,1-2H3. The summed E-state index contributed by atoms with van der Waals surface area (Å²) in [5.41, 5.74) is 0. The lowest BCUT2D eigenvalue weighted by molar-refractivity contribution is 0.0327. The van der Waals surface area contributed by atoms with E-state index in [1.807, 2.05) is 42.5 Å². The Kier molecular flexibility index (Phi) is 7.69. The van der Waals surface area contributed by atoms with Crippen LogP contribution in [-0.4, -0.2) is 63.1 Å². The molecule has 0 aliphatic rings. The molecule has 0 aromatic heterocycles. The molecule has 0 saturated carbocycles. The molecule has 0 heterocycles. The van der Waals surface area contributed by atoms with E-state index in [-0.39, 0.29) is 26.4 Å². The Morgan fingerprint density at radius 3 is 1.72 bits per heavy atom. The molecular weight excluding hydrogens is 440 g/mol. The fourth-order valence-electron chi connectivity index (χ4n) is 3.22. The number of hydrogen-bond acceptors (Lipinski definition) is 6. The van der Waals surface area contributed by atoms with Gasteiger partial charge in [0.2, 0.25) is 0 Å². The number of aliphatic hydroxyl groups excluding tert-OH is 2. The third-order valence-electron chi connectivity index (χ3n) is 4.45. The third kappa shape index (κ3) is 5.18. The molecule has 7 heteroatoms. The van der Waals surface area contributed by atoms with Gasteiger partial charge in [-0.25, -0.2) is 0 Å². The number of aliphatic hydroxyl groups is 2. The molecule has 2 atom stereocenters. The maximum atomic E-state index is 10.0. The van der Waals surface area contributed by atoms with Crippen LogP contribution in [0.25, 0.3) is 21.5 Å². The van der Waals surface area contributed by atoms with Crippen LogP contribution in [0.5, 0.6) is 11.5 Å². The van der Waals surface area contributed by atoms with E-state index < -0.39 is 12.2 Å². The van der Waals surface area contributed by atoms with Crippen LogP contribution in [0, 0.1) is 0 Å². The van der Waals surface area contributed by atoms with Crippen molar-refractivity contribution < 1.29 is 29.2 Å². The van der Waals surface area contributed by atoms with E-state index in [1.54, 1.807) is 0 Å². The lowest BCUT2D eigenvalue weighted by atomic mass is 10.0. The van der Waals surface area contributed by atoms with Crippen LogP contribution in [-0.2, 0) is 9.47 Å². The summed E-state index contributed by atoms with van der Waals surface area (Å²) in [5, 5.41) is 23.5. The summed E-state index contributed by atoms with van der Waals surface area (Å²) in [6.45, 7) is 0.597. The molecular formula is C22H25BrO6.